The van der Waals surface area contributed by atoms with Crippen molar-refractivity contribution in [2.75, 3.05) is 13.6 Å². The van der Waals surface area contributed by atoms with Gasteiger partial charge in [0.05, 0.1) is 0 Å². The first-order valence-electron chi connectivity index (χ1n) is 8.07. The summed E-state index contributed by atoms with van der Waals surface area (Å²) in [6.45, 7) is 1.79. The number of carbonyl (C=O) groups is 1. The Balaban J connectivity index is 0.00000312. The van der Waals surface area contributed by atoms with Crippen molar-refractivity contribution in [2.45, 2.75) is 19.5 Å². The highest BCUT2D eigenvalue weighted by Gasteiger charge is 2.03. The standard InChI is InChI=1S/C19H24N4O.HI/c1-20-19(23-15-17-10-6-3-7-11-17)21-13-12-18(24)22-14-16-8-4-2-5-9-16;/h2-11H,12-15H2,1H3,(H,22,24)(H2,20,21,23);1H. The molecule has 0 aliphatic rings. The Morgan fingerprint density at radius 2 is 1.36 bits per heavy atom. The van der Waals surface area contributed by atoms with Crippen LogP contribution in [0.3, 0.4) is 0 Å². The molecule has 0 saturated heterocycles. The summed E-state index contributed by atoms with van der Waals surface area (Å²) in [6, 6.07) is 20.0. The van der Waals surface area contributed by atoms with Gasteiger partial charge in [0, 0.05) is 33.1 Å². The highest BCUT2D eigenvalue weighted by Crippen LogP contribution is 1.98. The smallest absolute Gasteiger partial charge is 0.222 e. The lowest BCUT2D eigenvalue weighted by Crippen LogP contribution is -2.38. The van der Waals surface area contributed by atoms with Gasteiger partial charge < -0.3 is 16.0 Å². The van der Waals surface area contributed by atoms with Gasteiger partial charge in [0.25, 0.3) is 0 Å². The van der Waals surface area contributed by atoms with Crippen LogP contribution in [0, 0.1) is 0 Å². The Hall–Kier alpha value is -2.09. The lowest BCUT2D eigenvalue weighted by atomic mass is 10.2. The Bertz CT molecular complexity index is 647. The molecule has 0 unspecified atom stereocenters. The zero-order chi connectivity index (χ0) is 17.0. The lowest BCUT2D eigenvalue weighted by molar-refractivity contribution is -0.121. The number of halogens is 1. The molecule has 6 heteroatoms. The zero-order valence-electron chi connectivity index (χ0n) is 14.4. The van der Waals surface area contributed by atoms with Crippen molar-refractivity contribution in [1.29, 1.82) is 0 Å². The van der Waals surface area contributed by atoms with Crippen LogP contribution in [-0.4, -0.2) is 25.5 Å². The summed E-state index contributed by atoms with van der Waals surface area (Å²) in [5, 5.41) is 9.28. The molecule has 0 bridgehead atoms. The van der Waals surface area contributed by atoms with Crippen LogP contribution in [0.15, 0.2) is 65.7 Å². The second-order valence-electron chi connectivity index (χ2n) is 5.35. The number of guanidine groups is 1. The van der Waals surface area contributed by atoms with E-state index in [2.05, 4.69) is 33.1 Å². The molecule has 0 aromatic heterocycles. The number of hydrogen-bond acceptors (Lipinski definition) is 2. The van der Waals surface area contributed by atoms with Crippen LogP contribution >= 0.6 is 24.0 Å². The van der Waals surface area contributed by atoms with E-state index in [-0.39, 0.29) is 29.9 Å². The lowest BCUT2D eigenvalue weighted by Gasteiger charge is -2.12. The Labute approximate surface area is 166 Å². The molecular formula is C19H25IN4O. The van der Waals surface area contributed by atoms with Crippen molar-refractivity contribution in [3.8, 4) is 0 Å². The van der Waals surface area contributed by atoms with Gasteiger partial charge in [-0.15, -0.1) is 24.0 Å². The number of rotatable bonds is 7. The third kappa shape index (κ3) is 8.53. The largest absolute Gasteiger partial charge is 0.356 e. The molecule has 0 heterocycles. The zero-order valence-corrected chi connectivity index (χ0v) is 16.7. The summed E-state index contributed by atoms with van der Waals surface area (Å²) in [7, 11) is 1.72. The number of nitrogens with zero attached hydrogens (tertiary/aromatic N) is 1. The van der Waals surface area contributed by atoms with Gasteiger partial charge in [-0.2, -0.15) is 0 Å². The molecule has 0 atom stereocenters. The first-order valence-corrected chi connectivity index (χ1v) is 8.07. The molecule has 0 aliphatic heterocycles. The first kappa shape index (κ1) is 21.0. The number of hydrogen-bond donors (Lipinski definition) is 3. The van der Waals surface area contributed by atoms with E-state index >= 15 is 0 Å². The monoisotopic (exact) mass is 452 g/mol. The van der Waals surface area contributed by atoms with E-state index in [4.69, 9.17) is 0 Å². The second kappa shape index (κ2) is 12.3. The minimum absolute atomic E-state index is 0. The minimum Gasteiger partial charge on any atom is -0.356 e. The fourth-order valence-corrected chi connectivity index (χ4v) is 2.18. The van der Waals surface area contributed by atoms with Gasteiger partial charge in [-0.05, 0) is 11.1 Å². The van der Waals surface area contributed by atoms with Crippen molar-refractivity contribution >= 4 is 35.8 Å². The topological polar surface area (TPSA) is 65.5 Å². The molecule has 0 aliphatic carbocycles. The second-order valence-corrected chi connectivity index (χ2v) is 5.35. The minimum atomic E-state index is 0. The molecule has 0 radical (unpaired) electrons. The van der Waals surface area contributed by atoms with Crippen molar-refractivity contribution in [2.24, 2.45) is 4.99 Å². The Kier molecular flexibility index (Phi) is 10.3. The Morgan fingerprint density at radius 3 is 1.88 bits per heavy atom. The third-order valence-corrected chi connectivity index (χ3v) is 3.50. The van der Waals surface area contributed by atoms with Crippen LogP contribution in [0.5, 0.6) is 0 Å². The summed E-state index contributed by atoms with van der Waals surface area (Å²) in [5.41, 5.74) is 2.28. The van der Waals surface area contributed by atoms with Crippen molar-refractivity contribution in [1.82, 2.24) is 16.0 Å². The van der Waals surface area contributed by atoms with Crippen LogP contribution < -0.4 is 16.0 Å². The molecule has 3 N–H and O–H groups in total. The number of carbonyl (C=O) groups excluding carboxylic acids is 1. The average molecular weight is 452 g/mol. The van der Waals surface area contributed by atoms with Crippen LogP contribution in [0.1, 0.15) is 17.5 Å². The van der Waals surface area contributed by atoms with E-state index in [1.165, 1.54) is 5.56 Å². The molecule has 25 heavy (non-hydrogen) atoms. The van der Waals surface area contributed by atoms with Gasteiger partial charge >= 0.3 is 0 Å². The first-order chi connectivity index (χ1) is 11.8. The van der Waals surface area contributed by atoms with E-state index in [0.717, 1.165) is 5.56 Å². The maximum Gasteiger partial charge on any atom is 0.222 e. The molecule has 0 spiro atoms. The molecule has 0 fully saturated rings. The van der Waals surface area contributed by atoms with Gasteiger partial charge in [-0.25, -0.2) is 0 Å². The van der Waals surface area contributed by atoms with Crippen LogP contribution in [-0.2, 0) is 17.9 Å². The fourth-order valence-electron chi connectivity index (χ4n) is 2.18. The number of amides is 1. The van der Waals surface area contributed by atoms with Crippen molar-refractivity contribution < 1.29 is 4.79 Å². The van der Waals surface area contributed by atoms with Gasteiger partial charge in [0.1, 0.15) is 0 Å². The third-order valence-electron chi connectivity index (χ3n) is 3.50. The summed E-state index contributed by atoms with van der Waals surface area (Å²) >= 11 is 0. The molecule has 2 rings (SSSR count). The van der Waals surface area contributed by atoms with E-state index in [1.54, 1.807) is 7.05 Å². The van der Waals surface area contributed by atoms with E-state index in [9.17, 15) is 4.79 Å². The predicted molar refractivity (Wildman–Crippen MR) is 113 cm³/mol. The number of aliphatic imine (C=N–C) groups is 1. The van der Waals surface area contributed by atoms with Gasteiger partial charge in [0.2, 0.25) is 5.91 Å². The van der Waals surface area contributed by atoms with Crippen LogP contribution in [0.4, 0.5) is 0 Å². The normalized spacial score (nSPS) is 10.5. The molecule has 2 aromatic carbocycles. The van der Waals surface area contributed by atoms with Crippen molar-refractivity contribution in [3.63, 3.8) is 0 Å². The molecule has 5 nitrogen and oxygen atoms in total. The van der Waals surface area contributed by atoms with Gasteiger partial charge in [0.15, 0.2) is 5.96 Å². The average Bonchev–Trinajstić information content (AvgIpc) is 2.64. The van der Waals surface area contributed by atoms with E-state index < -0.39 is 0 Å². The van der Waals surface area contributed by atoms with Crippen LogP contribution in [0.25, 0.3) is 0 Å². The maximum atomic E-state index is 11.9. The molecular weight excluding hydrogens is 427 g/mol. The summed E-state index contributed by atoms with van der Waals surface area (Å²) in [6.07, 6.45) is 0.402. The predicted octanol–water partition coefficient (Wildman–Crippen LogP) is 2.68. The molecule has 0 saturated carbocycles. The highest BCUT2D eigenvalue weighted by atomic mass is 127. The van der Waals surface area contributed by atoms with Crippen molar-refractivity contribution in [3.05, 3.63) is 71.8 Å². The molecule has 2 aromatic rings. The fraction of sp³-hybridized carbons (Fsp3) is 0.263. The van der Waals surface area contributed by atoms with E-state index in [0.29, 0.717) is 32.0 Å². The molecule has 134 valence electrons. The number of benzene rings is 2. The quantitative estimate of drug-likeness (QED) is 0.344. The SMILES string of the molecule is CN=C(NCCC(=O)NCc1ccccc1)NCc1ccccc1.I. The summed E-state index contributed by atoms with van der Waals surface area (Å²) in [4.78, 5) is 16.0. The highest BCUT2D eigenvalue weighted by molar-refractivity contribution is 14.0. The number of nitrogens with one attached hydrogen (secondary N) is 3. The maximum absolute atomic E-state index is 11.9. The van der Waals surface area contributed by atoms with Crippen LogP contribution in [0.2, 0.25) is 0 Å². The van der Waals surface area contributed by atoms with E-state index in [1.807, 2.05) is 48.5 Å². The summed E-state index contributed by atoms with van der Waals surface area (Å²) < 4.78 is 0. The van der Waals surface area contributed by atoms with Gasteiger partial charge in [-0.1, -0.05) is 60.7 Å². The Morgan fingerprint density at radius 1 is 0.840 bits per heavy atom. The molecule has 1 amide bonds. The summed E-state index contributed by atoms with van der Waals surface area (Å²) in [5.74, 6) is 0.708. The van der Waals surface area contributed by atoms with Gasteiger partial charge in [-0.3, -0.25) is 9.79 Å².